The number of sulfonamides is 1. The fourth-order valence-corrected chi connectivity index (χ4v) is 5.61. The average Bonchev–Trinajstić information content (AvgIpc) is 2.97. The number of carbonyl (C=O) groups excluding carboxylic acids is 1. The third kappa shape index (κ3) is 5.55. The Morgan fingerprint density at radius 1 is 0.964 bits per heavy atom. The van der Waals surface area contributed by atoms with Crippen molar-refractivity contribution in [1.29, 1.82) is 0 Å². The van der Waals surface area contributed by atoms with E-state index in [4.69, 9.17) is 0 Å². The standard InChI is InChI=1S/C21H33N3O3S/c1-17(22-18-9-5-2-3-6-10-18)21(25)23-19-11-13-20(14-12-19)28(26,27)24-15-7-4-8-16-24/h11-14,17-18,22H,2-10,15-16H2,1H3,(H,23,25). The summed E-state index contributed by atoms with van der Waals surface area (Å²) < 4.78 is 27.0. The van der Waals surface area contributed by atoms with Crippen LogP contribution in [0.3, 0.4) is 0 Å². The first kappa shape index (κ1) is 21.3. The first-order chi connectivity index (χ1) is 13.5. The van der Waals surface area contributed by atoms with Crippen molar-refractivity contribution in [2.75, 3.05) is 18.4 Å². The van der Waals surface area contributed by atoms with Crippen LogP contribution in [0.4, 0.5) is 5.69 Å². The Hall–Kier alpha value is -1.44. The van der Waals surface area contributed by atoms with Crippen molar-refractivity contribution in [2.45, 2.75) is 81.7 Å². The first-order valence-electron chi connectivity index (χ1n) is 10.6. The van der Waals surface area contributed by atoms with Gasteiger partial charge in [0.2, 0.25) is 15.9 Å². The first-order valence-corrected chi connectivity index (χ1v) is 12.1. The van der Waals surface area contributed by atoms with Gasteiger partial charge in [0, 0.05) is 24.8 Å². The number of hydrogen-bond acceptors (Lipinski definition) is 4. The molecular formula is C21H33N3O3S. The quantitative estimate of drug-likeness (QED) is 0.708. The summed E-state index contributed by atoms with van der Waals surface area (Å²) in [7, 11) is -3.44. The van der Waals surface area contributed by atoms with Gasteiger partial charge in [-0.15, -0.1) is 0 Å². The lowest BCUT2D eigenvalue weighted by Crippen LogP contribution is -2.43. The normalized spacial score (nSPS) is 21.0. The molecule has 1 atom stereocenters. The molecule has 156 valence electrons. The molecule has 2 N–H and O–H groups in total. The number of piperidine rings is 1. The molecule has 2 aliphatic rings. The zero-order valence-electron chi connectivity index (χ0n) is 16.8. The van der Waals surface area contributed by atoms with Gasteiger partial charge in [-0.25, -0.2) is 8.42 Å². The van der Waals surface area contributed by atoms with E-state index in [1.807, 2.05) is 6.92 Å². The van der Waals surface area contributed by atoms with Crippen molar-refractivity contribution in [3.8, 4) is 0 Å². The van der Waals surface area contributed by atoms with E-state index in [0.29, 0.717) is 24.8 Å². The largest absolute Gasteiger partial charge is 0.325 e. The second kappa shape index (κ2) is 9.85. The lowest BCUT2D eigenvalue weighted by Gasteiger charge is -2.26. The van der Waals surface area contributed by atoms with Gasteiger partial charge in [-0.3, -0.25) is 4.79 Å². The minimum atomic E-state index is -3.44. The third-order valence-electron chi connectivity index (χ3n) is 5.81. The smallest absolute Gasteiger partial charge is 0.243 e. The number of nitrogens with one attached hydrogen (secondary N) is 2. The molecular weight excluding hydrogens is 374 g/mol. The summed E-state index contributed by atoms with van der Waals surface area (Å²) in [6, 6.07) is 6.65. The number of nitrogens with zero attached hydrogens (tertiary/aromatic N) is 1. The van der Waals surface area contributed by atoms with Gasteiger partial charge in [-0.2, -0.15) is 4.31 Å². The van der Waals surface area contributed by atoms with Crippen molar-refractivity contribution in [1.82, 2.24) is 9.62 Å². The zero-order valence-corrected chi connectivity index (χ0v) is 17.6. The van der Waals surface area contributed by atoms with Crippen LogP contribution in [0.1, 0.15) is 64.7 Å². The van der Waals surface area contributed by atoms with Gasteiger partial charge >= 0.3 is 0 Å². The molecule has 1 saturated heterocycles. The molecule has 1 unspecified atom stereocenters. The molecule has 7 heteroatoms. The number of rotatable bonds is 6. The maximum absolute atomic E-state index is 12.7. The molecule has 0 bridgehead atoms. The lowest BCUT2D eigenvalue weighted by molar-refractivity contribution is -0.118. The highest BCUT2D eigenvalue weighted by Gasteiger charge is 2.26. The van der Waals surface area contributed by atoms with E-state index in [1.54, 1.807) is 28.6 Å². The van der Waals surface area contributed by atoms with Gasteiger partial charge in [-0.05, 0) is 56.9 Å². The van der Waals surface area contributed by atoms with Crippen LogP contribution < -0.4 is 10.6 Å². The van der Waals surface area contributed by atoms with Crippen LogP contribution in [-0.4, -0.2) is 43.8 Å². The summed E-state index contributed by atoms with van der Waals surface area (Å²) in [5.41, 5.74) is 0.622. The summed E-state index contributed by atoms with van der Waals surface area (Å²) in [6.45, 7) is 3.06. The highest BCUT2D eigenvalue weighted by atomic mass is 32.2. The molecule has 0 aromatic heterocycles. The number of carbonyl (C=O) groups is 1. The molecule has 28 heavy (non-hydrogen) atoms. The maximum atomic E-state index is 12.7. The number of amides is 1. The van der Waals surface area contributed by atoms with E-state index in [1.165, 1.54) is 25.7 Å². The average molecular weight is 408 g/mol. The maximum Gasteiger partial charge on any atom is 0.243 e. The van der Waals surface area contributed by atoms with Gasteiger partial charge in [0.1, 0.15) is 0 Å². The van der Waals surface area contributed by atoms with E-state index < -0.39 is 10.0 Å². The van der Waals surface area contributed by atoms with Crippen molar-refractivity contribution in [3.05, 3.63) is 24.3 Å². The van der Waals surface area contributed by atoms with E-state index in [0.717, 1.165) is 32.1 Å². The molecule has 1 aromatic carbocycles. The van der Waals surface area contributed by atoms with Gasteiger partial charge in [-0.1, -0.05) is 32.1 Å². The summed E-state index contributed by atoms with van der Waals surface area (Å²) in [4.78, 5) is 12.8. The summed E-state index contributed by atoms with van der Waals surface area (Å²) in [5, 5.41) is 6.34. The molecule has 1 heterocycles. The second-order valence-electron chi connectivity index (χ2n) is 8.06. The second-order valence-corrected chi connectivity index (χ2v) is 9.99. The van der Waals surface area contributed by atoms with Crippen molar-refractivity contribution in [3.63, 3.8) is 0 Å². The molecule has 2 fully saturated rings. The van der Waals surface area contributed by atoms with Gasteiger partial charge in [0.05, 0.1) is 10.9 Å². The Morgan fingerprint density at radius 3 is 2.14 bits per heavy atom. The lowest BCUT2D eigenvalue weighted by atomic mass is 10.1. The Bertz CT molecular complexity index is 735. The zero-order chi connectivity index (χ0) is 20.0. The molecule has 1 aliphatic carbocycles. The Kier molecular flexibility index (Phi) is 7.48. The Balaban J connectivity index is 1.56. The number of benzene rings is 1. The van der Waals surface area contributed by atoms with Crippen LogP contribution in [0.5, 0.6) is 0 Å². The molecule has 1 amide bonds. The molecule has 1 aliphatic heterocycles. The SMILES string of the molecule is CC(NC1CCCCCC1)C(=O)Nc1ccc(S(=O)(=O)N2CCCCC2)cc1. The van der Waals surface area contributed by atoms with E-state index in [2.05, 4.69) is 10.6 Å². The minimum absolute atomic E-state index is 0.0871. The molecule has 0 spiro atoms. The van der Waals surface area contributed by atoms with E-state index in [9.17, 15) is 13.2 Å². The van der Waals surface area contributed by atoms with E-state index >= 15 is 0 Å². The Labute approximate surface area is 169 Å². The van der Waals surface area contributed by atoms with Gasteiger partial charge in [0.25, 0.3) is 0 Å². The highest BCUT2D eigenvalue weighted by Crippen LogP contribution is 2.22. The molecule has 1 aromatic rings. The van der Waals surface area contributed by atoms with Crippen molar-refractivity contribution < 1.29 is 13.2 Å². The highest BCUT2D eigenvalue weighted by molar-refractivity contribution is 7.89. The fraction of sp³-hybridized carbons (Fsp3) is 0.667. The number of hydrogen-bond donors (Lipinski definition) is 2. The molecule has 0 radical (unpaired) electrons. The van der Waals surface area contributed by atoms with Crippen LogP contribution in [0.15, 0.2) is 29.2 Å². The molecule has 6 nitrogen and oxygen atoms in total. The summed E-state index contributed by atoms with van der Waals surface area (Å²) in [5.74, 6) is -0.0871. The van der Waals surface area contributed by atoms with Gasteiger partial charge < -0.3 is 10.6 Å². The predicted octanol–water partition coefficient (Wildman–Crippen LogP) is 3.50. The van der Waals surface area contributed by atoms with Gasteiger partial charge in [0.15, 0.2) is 0 Å². The summed E-state index contributed by atoms with van der Waals surface area (Å²) >= 11 is 0. The monoisotopic (exact) mass is 407 g/mol. The number of anilines is 1. The van der Waals surface area contributed by atoms with Crippen LogP contribution >= 0.6 is 0 Å². The molecule has 1 saturated carbocycles. The Morgan fingerprint density at radius 2 is 1.54 bits per heavy atom. The van der Waals surface area contributed by atoms with Crippen LogP contribution in [0, 0.1) is 0 Å². The predicted molar refractivity (Wildman–Crippen MR) is 112 cm³/mol. The van der Waals surface area contributed by atoms with Crippen molar-refractivity contribution >= 4 is 21.6 Å². The van der Waals surface area contributed by atoms with Crippen LogP contribution in [-0.2, 0) is 14.8 Å². The molecule has 3 rings (SSSR count). The van der Waals surface area contributed by atoms with Crippen LogP contribution in [0.2, 0.25) is 0 Å². The topological polar surface area (TPSA) is 78.5 Å². The fourth-order valence-electron chi connectivity index (χ4n) is 4.09. The summed E-state index contributed by atoms with van der Waals surface area (Å²) in [6.07, 6.45) is 10.2. The minimum Gasteiger partial charge on any atom is -0.325 e. The third-order valence-corrected chi connectivity index (χ3v) is 7.72. The van der Waals surface area contributed by atoms with E-state index in [-0.39, 0.29) is 16.8 Å². The van der Waals surface area contributed by atoms with Crippen molar-refractivity contribution in [2.24, 2.45) is 0 Å². The van der Waals surface area contributed by atoms with Crippen LogP contribution in [0.25, 0.3) is 0 Å².